The second-order valence-electron chi connectivity index (χ2n) is 5.34. The number of carbonyl (C=O) groups is 3. The van der Waals surface area contributed by atoms with Gasteiger partial charge < -0.3 is 15.7 Å². The molecule has 0 bridgehead atoms. The maximum Gasteiger partial charge on any atom is 0.310 e. The molecule has 0 unspecified atom stereocenters. The Kier molecular flexibility index (Phi) is 5.90. The molecule has 1 aromatic carbocycles. The fourth-order valence-corrected chi connectivity index (χ4v) is 1.46. The number of rotatable bonds is 7. The van der Waals surface area contributed by atoms with Crippen LogP contribution in [0.15, 0.2) is 30.3 Å². The van der Waals surface area contributed by atoms with E-state index < -0.39 is 11.4 Å². The van der Waals surface area contributed by atoms with Gasteiger partial charge in [0.1, 0.15) is 0 Å². The van der Waals surface area contributed by atoms with Crippen molar-refractivity contribution in [3.8, 4) is 0 Å². The Balaban J connectivity index is 2.28. The van der Waals surface area contributed by atoms with Gasteiger partial charge in [-0.05, 0) is 26.0 Å². The molecule has 6 heteroatoms. The molecule has 1 aromatic rings. The molecule has 0 radical (unpaired) electrons. The van der Waals surface area contributed by atoms with Gasteiger partial charge in [-0.3, -0.25) is 14.4 Å². The third-order valence-electron chi connectivity index (χ3n) is 2.98. The third-order valence-corrected chi connectivity index (χ3v) is 2.98. The van der Waals surface area contributed by atoms with Crippen LogP contribution in [0.1, 0.15) is 30.6 Å². The molecule has 21 heavy (non-hydrogen) atoms. The molecule has 0 aromatic heterocycles. The maximum atomic E-state index is 11.7. The highest BCUT2D eigenvalue weighted by atomic mass is 16.4. The first kappa shape index (κ1) is 16.7. The second-order valence-corrected chi connectivity index (χ2v) is 5.34. The monoisotopic (exact) mass is 292 g/mol. The van der Waals surface area contributed by atoms with Crippen LogP contribution in [0.25, 0.3) is 0 Å². The molecule has 0 spiro atoms. The highest BCUT2D eigenvalue weighted by Gasteiger charge is 2.27. The van der Waals surface area contributed by atoms with Gasteiger partial charge in [0.25, 0.3) is 5.91 Å². The van der Waals surface area contributed by atoms with Crippen LogP contribution in [0.4, 0.5) is 0 Å². The standard InChI is InChI=1S/C15H20N2O4/c1-15(2,14(20)21)10-17-12(18)8-9-16-13(19)11-6-4-3-5-7-11/h3-7H,8-10H2,1-2H3,(H,16,19)(H,17,18)(H,20,21). The number of aliphatic carboxylic acids is 1. The first-order chi connectivity index (χ1) is 9.83. The van der Waals surface area contributed by atoms with Gasteiger partial charge >= 0.3 is 5.97 Å². The molecule has 6 nitrogen and oxygen atoms in total. The zero-order valence-electron chi connectivity index (χ0n) is 12.2. The first-order valence-electron chi connectivity index (χ1n) is 6.66. The molecule has 0 aliphatic rings. The number of amides is 2. The Hall–Kier alpha value is -2.37. The van der Waals surface area contributed by atoms with Crippen molar-refractivity contribution in [1.82, 2.24) is 10.6 Å². The van der Waals surface area contributed by atoms with Gasteiger partial charge in [0.05, 0.1) is 5.41 Å². The average Bonchev–Trinajstić information content (AvgIpc) is 2.46. The number of benzene rings is 1. The average molecular weight is 292 g/mol. The van der Waals surface area contributed by atoms with E-state index in [0.717, 1.165) is 0 Å². The molecular formula is C15H20N2O4. The topological polar surface area (TPSA) is 95.5 Å². The zero-order valence-corrected chi connectivity index (χ0v) is 12.2. The van der Waals surface area contributed by atoms with Crippen LogP contribution >= 0.6 is 0 Å². The van der Waals surface area contributed by atoms with E-state index in [0.29, 0.717) is 5.56 Å². The molecule has 0 aliphatic carbocycles. The summed E-state index contributed by atoms with van der Waals surface area (Å²) in [6.45, 7) is 3.32. The zero-order chi connectivity index (χ0) is 15.9. The Morgan fingerprint density at radius 3 is 2.29 bits per heavy atom. The van der Waals surface area contributed by atoms with E-state index in [4.69, 9.17) is 5.11 Å². The predicted molar refractivity (Wildman–Crippen MR) is 77.8 cm³/mol. The van der Waals surface area contributed by atoms with Gasteiger partial charge in [-0.1, -0.05) is 18.2 Å². The molecule has 1 rings (SSSR count). The molecule has 0 aliphatic heterocycles. The summed E-state index contributed by atoms with van der Waals surface area (Å²) < 4.78 is 0. The Bertz CT molecular complexity index is 512. The van der Waals surface area contributed by atoms with Crippen molar-refractivity contribution in [2.45, 2.75) is 20.3 Å². The largest absolute Gasteiger partial charge is 0.481 e. The fourth-order valence-electron chi connectivity index (χ4n) is 1.46. The number of hydrogen-bond acceptors (Lipinski definition) is 3. The number of carbonyl (C=O) groups excluding carboxylic acids is 2. The van der Waals surface area contributed by atoms with E-state index in [-0.39, 0.29) is 31.3 Å². The minimum atomic E-state index is -1.01. The van der Waals surface area contributed by atoms with Gasteiger partial charge in [0.2, 0.25) is 5.91 Å². The van der Waals surface area contributed by atoms with Crippen molar-refractivity contribution >= 4 is 17.8 Å². The summed E-state index contributed by atoms with van der Waals surface area (Å²) in [5, 5.41) is 14.1. The van der Waals surface area contributed by atoms with Crippen LogP contribution in [0.2, 0.25) is 0 Å². The molecular weight excluding hydrogens is 272 g/mol. The number of hydrogen-bond donors (Lipinski definition) is 3. The van der Waals surface area contributed by atoms with Crippen LogP contribution in [-0.4, -0.2) is 36.0 Å². The molecule has 0 saturated carbocycles. The summed E-state index contributed by atoms with van der Waals surface area (Å²) >= 11 is 0. The van der Waals surface area contributed by atoms with E-state index in [9.17, 15) is 14.4 Å². The van der Waals surface area contributed by atoms with Crippen LogP contribution < -0.4 is 10.6 Å². The summed E-state index contributed by atoms with van der Waals surface area (Å²) in [4.78, 5) is 34.2. The Morgan fingerprint density at radius 2 is 1.71 bits per heavy atom. The van der Waals surface area contributed by atoms with Crippen LogP contribution in [-0.2, 0) is 9.59 Å². The van der Waals surface area contributed by atoms with Gasteiger partial charge in [-0.25, -0.2) is 0 Å². The van der Waals surface area contributed by atoms with E-state index >= 15 is 0 Å². The molecule has 0 heterocycles. The Morgan fingerprint density at radius 1 is 1.10 bits per heavy atom. The third kappa shape index (κ3) is 5.64. The lowest BCUT2D eigenvalue weighted by atomic mass is 9.94. The molecule has 0 fully saturated rings. The van der Waals surface area contributed by atoms with Crippen molar-refractivity contribution in [2.75, 3.05) is 13.1 Å². The normalized spacial score (nSPS) is 10.8. The van der Waals surface area contributed by atoms with Gasteiger partial charge in [-0.2, -0.15) is 0 Å². The van der Waals surface area contributed by atoms with Crippen LogP contribution in [0, 0.1) is 5.41 Å². The van der Waals surface area contributed by atoms with Crippen LogP contribution in [0.5, 0.6) is 0 Å². The lowest BCUT2D eigenvalue weighted by Crippen LogP contribution is -2.40. The fraction of sp³-hybridized carbons (Fsp3) is 0.400. The quantitative estimate of drug-likeness (QED) is 0.699. The first-order valence-corrected chi connectivity index (χ1v) is 6.66. The molecule has 0 saturated heterocycles. The van der Waals surface area contributed by atoms with Crippen molar-refractivity contribution in [1.29, 1.82) is 0 Å². The van der Waals surface area contributed by atoms with Crippen molar-refractivity contribution in [2.24, 2.45) is 5.41 Å². The summed E-state index contributed by atoms with van der Waals surface area (Å²) in [6, 6.07) is 8.70. The van der Waals surface area contributed by atoms with E-state index in [1.165, 1.54) is 13.8 Å². The van der Waals surface area contributed by atoms with Crippen molar-refractivity contribution in [3.05, 3.63) is 35.9 Å². The number of nitrogens with one attached hydrogen (secondary N) is 2. The minimum absolute atomic E-state index is 0.0494. The lowest BCUT2D eigenvalue weighted by Gasteiger charge is -2.19. The number of carboxylic acids is 1. The molecule has 2 amide bonds. The van der Waals surface area contributed by atoms with Gasteiger partial charge in [0, 0.05) is 25.1 Å². The predicted octanol–water partition coefficient (Wildman–Crippen LogP) is 1.03. The maximum absolute atomic E-state index is 11.7. The van der Waals surface area contributed by atoms with Crippen molar-refractivity contribution in [3.63, 3.8) is 0 Å². The van der Waals surface area contributed by atoms with Gasteiger partial charge in [-0.15, -0.1) is 0 Å². The number of carboxylic acid groups (broad SMARTS) is 1. The summed E-state index contributed by atoms with van der Waals surface area (Å²) in [6.07, 6.45) is 0.105. The van der Waals surface area contributed by atoms with E-state index in [2.05, 4.69) is 10.6 Å². The lowest BCUT2D eigenvalue weighted by molar-refractivity contribution is -0.146. The smallest absolute Gasteiger partial charge is 0.310 e. The molecule has 3 N–H and O–H groups in total. The molecule has 114 valence electrons. The highest BCUT2D eigenvalue weighted by molar-refractivity contribution is 5.94. The van der Waals surface area contributed by atoms with E-state index in [1.807, 2.05) is 6.07 Å². The van der Waals surface area contributed by atoms with Crippen molar-refractivity contribution < 1.29 is 19.5 Å². The highest BCUT2D eigenvalue weighted by Crippen LogP contribution is 2.12. The van der Waals surface area contributed by atoms with Gasteiger partial charge in [0.15, 0.2) is 0 Å². The summed E-state index contributed by atoms with van der Waals surface area (Å²) in [5.41, 5.74) is -0.479. The minimum Gasteiger partial charge on any atom is -0.481 e. The SMILES string of the molecule is CC(C)(CNC(=O)CCNC(=O)c1ccccc1)C(=O)O. The summed E-state index contributed by atoms with van der Waals surface area (Å²) in [5.74, 6) is -1.51. The van der Waals surface area contributed by atoms with Crippen LogP contribution in [0.3, 0.4) is 0 Å². The summed E-state index contributed by atoms with van der Waals surface area (Å²) in [7, 11) is 0. The molecule has 0 atom stereocenters. The Labute approximate surface area is 123 Å². The second kappa shape index (κ2) is 7.42. The van der Waals surface area contributed by atoms with E-state index in [1.54, 1.807) is 24.3 Å².